The van der Waals surface area contributed by atoms with E-state index in [9.17, 15) is 9.59 Å². The van der Waals surface area contributed by atoms with Crippen molar-refractivity contribution in [1.82, 2.24) is 20.9 Å². The molecule has 2 rings (SSSR count). The minimum absolute atomic E-state index is 0. The Kier molecular flexibility index (Phi) is 12.1. The zero-order valence-corrected chi connectivity index (χ0v) is 21.3. The van der Waals surface area contributed by atoms with Gasteiger partial charge in [0.2, 0.25) is 0 Å². The van der Waals surface area contributed by atoms with Gasteiger partial charge in [-0.15, -0.1) is 24.0 Å². The van der Waals surface area contributed by atoms with Crippen molar-refractivity contribution in [3.63, 3.8) is 0 Å². The van der Waals surface area contributed by atoms with Gasteiger partial charge in [-0.05, 0) is 42.3 Å². The molecule has 0 aliphatic carbocycles. The van der Waals surface area contributed by atoms with Crippen LogP contribution in [0.25, 0.3) is 0 Å². The van der Waals surface area contributed by atoms with Crippen LogP contribution in [0.3, 0.4) is 0 Å². The molecule has 0 saturated carbocycles. The third-order valence-electron chi connectivity index (χ3n) is 4.54. The molecular formula is C23H32IN5O3. The number of aliphatic imine (C=N–C) groups is 1. The summed E-state index contributed by atoms with van der Waals surface area (Å²) in [6, 6.07) is 14.6. The van der Waals surface area contributed by atoms with Crippen LogP contribution in [0.4, 0.5) is 0 Å². The Balaban J connectivity index is 0.00000512. The van der Waals surface area contributed by atoms with Gasteiger partial charge in [0.05, 0.1) is 7.11 Å². The van der Waals surface area contributed by atoms with Gasteiger partial charge in [-0.1, -0.05) is 18.2 Å². The van der Waals surface area contributed by atoms with E-state index in [1.165, 1.54) is 0 Å². The molecule has 2 amide bonds. The van der Waals surface area contributed by atoms with Crippen LogP contribution in [-0.4, -0.2) is 70.6 Å². The van der Waals surface area contributed by atoms with Crippen LogP contribution in [0.1, 0.15) is 26.3 Å². The Morgan fingerprint density at radius 3 is 2.28 bits per heavy atom. The fourth-order valence-electron chi connectivity index (χ4n) is 2.89. The van der Waals surface area contributed by atoms with Gasteiger partial charge in [0, 0.05) is 51.9 Å². The summed E-state index contributed by atoms with van der Waals surface area (Å²) in [5.41, 5.74) is 2.30. The standard InChI is InChI=1S/C23H31N5O3.HI/c1-24-23(26-12-11-17-7-5-9-19(15-17)22(30)28(2)3)27-14-13-25-21(29)18-8-6-10-20(16-18)31-4;/h5-10,15-16H,11-14H2,1-4H3,(H,25,29)(H2,24,26,27);1H. The number of methoxy groups -OCH3 is 1. The molecule has 0 aromatic heterocycles. The molecule has 3 N–H and O–H groups in total. The van der Waals surface area contributed by atoms with E-state index in [2.05, 4.69) is 20.9 Å². The van der Waals surface area contributed by atoms with E-state index in [0.717, 1.165) is 12.0 Å². The van der Waals surface area contributed by atoms with Crippen molar-refractivity contribution in [2.75, 3.05) is 47.9 Å². The molecule has 0 bridgehead atoms. The summed E-state index contributed by atoms with van der Waals surface area (Å²) in [6.07, 6.45) is 0.752. The molecular weight excluding hydrogens is 521 g/mol. The van der Waals surface area contributed by atoms with E-state index in [1.54, 1.807) is 57.4 Å². The molecule has 0 atom stereocenters. The summed E-state index contributed by atoms with van der Waals surface area (Å²) < 4.78 is 5.14. The fourth-order valence-corrected chi connectivity index (χ4v) is 2.89. The summed E-state index contributed by atoms with van der Waals surface area (Å²) in [7, 11) is 6.75. The molecule has 0 saturated heterocycles. The number of ether oxygens (including phenoxy) is 1. The van der Waals surface area contributed by atoms with E-state index in [-0.39, 0.29) is 35.8 Å². The first-order chi connectivity index (χ1) is 14.9. The second-order valence-corrected chi connectivity index (χ2v) is 7.06. The Morgan fingerprint density at radius 1 is 0.938 bits per heavy atom. The molecule has 0 unspecified atom stereocenters. The maximum Gasteiger partial charge on any atom is 0.253 e. The lowest BCUT2D eigenvalue weighted by atomic mass is 10.1. The second-order valence-electron chi connectivity index (χ2n) is 7.06. The zero-order chi connectivity index (χ0) is 22.6. The second kappa shape index (κ2) is 14.3. The number of nitrogens with one attached hydrogen (secondary N) is 3. The molecule has 0 aliphatic rings. The fraction of sp³-hybridized carbons (Fsp3) is 0.348. The zero-order valence-electron chi connectivity index (χ0n) is 19.0. The van der Waals surface area contributed by atoms with Crippen molar-refractivity contribution in [2.45, 2.75) is 6.42 Å². The van der Waals surface area contributed by atoms with Crippen LogP contribution in [0.15, 0.2) is 53.5 Å². The molecule has 174 valence electrons. The van der Waals surface area contributed by atoms with Gasteiger partial charge in [-0.25, -0.2) is 0 Å². The Bertz CT molecular complexity index is 918. The first kappa shape index (κ1) is 27.2. The highest BCUT2D eigenvalue weighted by atomic mass is 127. The number of hydrogen-bond acceptors (Lipinski definition) is 4. The number of halogens is 1. The van der Waals surface area contributed by atoms with Gasteiger partial charge >= 0.3 is 0 Å². The van der Waals surface area contributed by atoms with Crippen LogP contribution in [0.5, 0.6) is 5.75 Å². The van der Waals surface area contributed by atoms with Gasteiger partial charge in [0.1, 0.15) is 5.75 Å². The summed E-state index contributed by atoms with van der Waals surface area (Å²) in [6.45, 7) is 1.64. The van der Waals surface area contributed by atoms with Crippen molar-refractivity contribution in [3.05, 3.63) is 65.2 Å². The van der Waals surface area contributed by atoms with Gasteiger partial charge < -0.3 is 25.6 Å². The highest BCUT2D eigenvalue weighted by molar-refractivity contribution is 14.0. The van der Waals surface area contributed by atoms with E-state index >= 15 is 0 Å². The molecule has 32 heavy (non-hydrogen) atoms. The van der Waals surface area contributed by atoms with E-state index in [4.69, 9.17) is 4.74 Å². The third-order valence-corrected chi connectivity index (χ3v) is 4.54. The van der Waals surface area contributed by atoms with E-state index in [0.29, 0.717) is 42.5 Å². The lowest BCUT2D eigenvalue weighted by molar-refractivity contribution is 0.0827. The topological polar surface area (TPSA) is 95.1 Å². The van der Waals surface area contributed by atoms with Crippen LogP contribution >= 0.6 is 24.0 Å². The molecule has 0 aliphatic heterocycles. The largest absolute Gasteiger partial charge is 0.497 e. The SMILES string of the molecule is CN=C(NCCNC(=O)c1cccc(OC)c1)NCCc1cccc(C(=O)N(C)C)c1.I. The number of hydrogen-bond donors (Lipinski definition) is 3. The molecule has 9 heteroatoms. The van der Waals surface area contributed by atoms with Crippen molar-refractivity contribution < 1.29 is 14.3 Å². The Morgan fingerprint density at radius 2 is 1.59 bits per heavy atom. The number of rotatable bonds is 9. The first-order valence-electron chi connectivity index (χ1n) is 10.1. The van der Waals surface area contributed by atoms with Crippen LogP contribution in [-0.2, 0) is 6.42 Å². The molecule has 0 radical (unpaired) electrons. The van der Waals surface area contributed by atoms with E-state index < -0.39 is 0 Å². The highest BCUT2D eigenvalue weighted by Crippen LogP contribution is 2.12. The van der Waals surface area contributed by atoms with Crippen molar-refractivity contribution in [2.24, 2.45) is 4.99 Å². The summed E-state index contributed by atoms with van der Waals surface area (Å²) in [5.74, 6) is 1.13. The van der Waals surface area contributed by atoms with Gasteiger partial charge in [0.25, 0.3) is 11.8 Å². The molecule has 2 aromatic carbocycles. The molecule has 0 heterocycles. The predicted octanol–water partition coefficient (Wildman–Crippen LogP) is 2.15. The van der Waals surface area contributed by atoms with Crippen molar-refractivity contribution in [1.29, 1.82) is 0 Å². The number of amides is 2. The Hall–Kier alpha value is -2.82. The average Bonchev–Trinajstić information content (AvgIpc) is 2.80. The summed E-state index contributed by atoms with van der Waals surface area (Å²) in [4.78, 5) is 30.0. The number of carbonyl (C=O) groups is 2. The van der Waals surface area contributed by atoms with Gasteiger partial charge in [-0.3, -0.25) is 14.6 Å². The van der Waals surface area contributed by atoms with Gasteiger partial charge in [0.15, 0.2) is 5.96 Å². The number of benzene rings is 2. The first-order valence-corrected chi connectivity index (χ1v) is 10.1. The van der Waals surface area contributed by atoms with E-state index in [1.807, 2.05) is 24.3 Å². The highest BCUT2D eigenvalue weighted by Gasteiger charge is 2.08. The smallest absolute Gasteiger partial charge is 0.253 e. The number of guanidine groups is 1. The predicted molar refractivity (Wildman–Crippen MR) is 138 cm³/mol. The molecule has 0 fully saturated rings. The van der Waals surface area contributed by atoms with Crippen LogP contribution < -0.4 is 20.7 Å². The maximum absolute atomic E-state index is 12.2. The number of carbonyl (C=O) groups excluding carboxylic acids is 2. The molecule has 0 spiro atoms. The quantitative estimate of drug-likeness (QED) is 0.192. The van der Waals surface area contributed by atoms with Crippen molar-refractivity contribution >= 4 is 41.8 Å². The Labute approximate surface area is 206 Å². The van der Waals surface area contributed by atoms with Crippen LogP contribution in [0.2, 0.25) is 0 Å². The average molecular weight is 553 g/mol. The normalized spacial score (nSPS) is 10.6. The minimum Gasteiger partial charge on any atom is -0.497 e. The number of nitrogens with zero attached hydrogens (tertiary/aromatic N) is 2. The summed E-state index contributed by atoms with van der Waals surface area (Å²) in [5, 5.41) is 9.27. The van der Waals surface area contributed by atoms with Crippen molar-refractivity contribution in [3.8, 4) is 5.75 Å². The summed E-state index contributed by atoms with van der Waals surface area (Å²) >= 11 is 0. The lowest BCUT2D eigenvalue weighted by Crippen LogP contribution is -2.42. The molecule has 8 nitrogen and oxygen atoms in total. The minimum atomic E-state index is -0.157. The molecule has 2 aromatic rings. The third kappa shape index (κ3) is 8.74. The van der Waals surface area contributed by atoms with Gasteiger partial charge in [-0.2, -0.15) is 0 Å². The lowest BCUT2D eigenvalue weighted by Gasteiger charge is -2.13. The maximum atomic E-state index is 12.2. The van der Waals surface area contributed by atoms with Crippen LogP contribution in [0, 0.1) is 0 Å². The monoisotopic (exact) mass is 553 g/mol.